The van der Waals surface area contributed by atoms with Crippen LogP contribution in [-0.4, -0.2) is 0 Å². The molecule has 0 aliphatic rings. The van der Waals surface area contributed by atoms with Crippen molar-refractivity contribution in [3.63, 3.8) is 0 Å². The molecule has 1 heterocycles. The van der Waals surface area contributed by atoms with Crippen molar-refractivity contribution in [2.24, 2.45) is 5.84 Å². The molecule has 0 amide bonds. The predicted molar refractivity (Wildman–Crippen MR) is 74.0 cm³/mol. The van der Waals surface area contributed by atoms with Crippen LogP contribution in [0.5, 0.6) is 0 Å². The van der Waals surface area contributed by atoms with E-state index < -0.39 is 0 Å². The molecule has 1 atom stereocenters. The summed E-state index contributed by atoms with van der Waals surface area (Å²) < 4.78 is 13.1. The topological polar surface area (TPSA) is 38.0 Å². The van der Waals surface area contributed by atoms with E-state index in [9.17, 15) is 4.39 Å². The third-order valence-corrected chi connectivity index (χ3v) is 4.15. The minimum atomic E-state index is -0.194. The van der Waals surface area contributed by atoms with Gasteiger partial charge in [0.1, 0.15) is 5.82 Å². The maximum Gasteiger partial charge on any atom is 0.123 e. The highest BCUT2D eigenvalue weighted by atomic mass is 32.1. The molecular formula is C14H17FN2S. The van der Waals surface area contributed by atoms with E-state index in [1.807, 2.05) is 13.0 Å². The van der Waals surface area contributed by atoms with Gasteiger partial charge in [0.2, 0.25) is 0 Å². The zero-order valence-corrected chi connectivity index (χ0v) is 11.4. The van der Waals surface area contributed by atoms with Crippen LogP contribution < -0.4 is 11.3 Å². The molecule has 0 bridgehead atoms. The maximum atomic E-state index is 13.1. The van der Waals surface area contributed by atoms with Gasteiger partial charge in [-0.25, -0.2) is 4.39 Å². The minimum Gasteiger partial charge on any atom is -0.271 e. The molecule has 18 heavy (non-hydrogen) atoms. The molecule has 0 saturated carbocycles. The normalized spacial score (nSPS) is 12.7. The number of halogens is 1. The van der Waals surface area contributed by atoms with Crippen molar-refractivity contribution in [1.82, 2.24) is 5.43 Å². The first-order chi connectivity index (χ1) is 8.60. The van der Waals surface area contributed by atoms with E-state index in [-0.39, 0.29) is 11.9 Å². The van der Waals surface area contributed by atoms with Crippen LogP contribution >= 0.6 is 11.3 Å². The summed E-state index contributed by atoms with van der Waals surface area (Å²) in [5.41, 5.74) is 4.92. The molecule has 1 aromatic carbocycles. The van der Waals surface area contributed by atoms with E-state index >= 15 is 0 Å². The van der Waals surface area contributed by atoms with Gasteiger partial charge in [0, 0.05) is 9.75 Å². The molecule has 96 valence electrons. The van der Waals surface area contributed by atoms with Crippen LogP contribution in [0.25, 0.3) is 0 Å². The molecule has 4 heteroatoms. The second kappa shape index (κ2) is 5.61. The van der Waals surface area contributed by atoms with Crippen LogP contribution in [0.15, 0.2) is 30.3 Å². The minimum absolute atomic E-state index is 0.0767. The molecule has 2 rings (SSSR count). The molecule has 2 aromatic rings. The van der Waals surface area contributed by atoms with Gasteiger partial charge in [-0.2, -0.15) is 0 Å². The monoisotopic (exact) mass is 264 g/mol. The lowest BCUT2D eigenvalue weighted by Crippen LogP contribution is -2.29. The summed E-state index contributed by atoms with van der Waals surface area (Å²) in [7, 11) is 0. The highest BCUT2D eigenvalue weighted by Gasteiger charge is 2.13. The van der Waals surface area contributed by atoms with Crippen molar-refractivity contribution in [3.8, 4) is 0 Å². The first-order valence-corrected chi connectivity index (χ1v) is 6.69. The third-order valence-electron chi connectivity index (χ3n) is 3.03. The number of benzene rings is 1. The van der Waals surface area contributed by atoms with Gasteiger partial charge >= 0.3 is 0 Å². The molecule has 1 unspecified atom stereocenters. The number of aryl methyl sites for hydroxylation is 2. The van der Waals surface area contributed by atoms with Crippen LogP contribution in [0.3, 0.4) is 0 Å². The Morgan fingerprint density at radius 1 is 1.28 bits per heavy atom. The molecule has 0 spiro atoms. The molecule has 3 N–H and O–H groups in total. The number of thiophene rings is 1. The molecule has 0 aliphatic heterocycles. The maximum absolute atomic E-state index is 13.1. The Morgan fingerprint density at radius 3 is 2.61 bits per heavy atom. The summed E-state index contributed by atoms with van der Waals surface area (Å²) in [4.78, 5) is 2.47. The molecule has 0 saturated heterocycles. The number of hydrazine groups is 1. The van der Waals surface area contributed by atoms with Gasteiger partial charge in [-0.3, -0.25) is 11.3 Å². The lowest BCUT2D eigenvalue weighted by atomic mass is 10.0. The number of nitrogens with one attached hydrogen (secondary N) is 1. The number of hydrogen-bond donors (Lipinski definition) is 2. The summed E-state index contributed by atoms with van der Waals surface area (Å²) in [5.74, 6) is 5.43. The fourth-order valence-electron chi connectivity index (χ4n) is 1.99. The van der Waals surface area contributed by atoms with Crippen LogP contribution in [0, 0.1) is 19.7 Å². The number of nitrogens with two attached hydrogens (primary N) is 1. The van der Waals surface area contributed by atoms with Crippen molar-refractivity contribution >= 4 is 11.3 Å². The number of hydrogen-bond acceptors (Lipinski definition) is 3. The second-order valence-corrected chi connectivity index (χ2v) is 5.76. The van der Waals surface area contributed by atoms with Gasteiger partial charge < -0.3 is 0 Å². The van der Waals surface area contributed by atoms with E-state index in [2.05, 4.69) is 24.5 Å². The van der Waals surface area contributed by atoms with E-state index in [1.165, 1.54) is 15.8 Å². The standard InChI is InChI=1S/C14H17FN2S/c1-9-7-12(15)5-4-11(9)8-13(17-16)14-6-3-10(2)18-14/h3-7,13,17H,8,16H2,1-2H3. The smallest absolute Gasteiger partial charge is 0.123 e. The van der Waals surface area contributed by atoms with Gasteiger partial charge in [0.15, 0.2) is 0 Å². The SMILES string of the molecule is Cc1ccc(C(Cc2ccc(F)cc2C)NN)s1. The van der Waals surface area contributed by atoms with E-state index in [0.717, 1.165) is 17.5 Å². The lowest BCUT2D eigenvalue weighted by Gasteiger charge is -2.15. The van der Waals surface area contributed by atoms with Crippen LogP contribution in [0.1, 0.15) is 26.9 Å². The van der Waals surface area contributed by atoms with E-state index in [4.69, 9.17) is 5.84 Å². The Kier molecular flexibility index (Phi) is 4.11. The zero-order chi connectivity index (χ0) is 13.1. The van der Waals surface area contributed by atoms with Crippen LogP contribution in [-0.2, 0) is 6.42 Å². The zero-order valence-electron chi connectivity index (χ0n) is 10.5. The summed E-state index contributed by atoms with van der Waals surface area (Å²) in [6.07, 6.45) is 0.766. The average molecular weight is 264 g/mol. The van der Waals surface area contributed by atoms with E-state index in [0.29, 0.717) is 0 Å². The average Bonchev–Trinajstić information content (AvgIpc) is 2.75. The Balaban J connectivity index is 2.20. The van der Waals surface area contributed by atoms with Gasteiger partial charge in [0.25, 0.3) is 0 Å². The molecule has 0 fully saturated rings. The summed E-state index contributed by atoms with van der Waals surface area (Å²) in [5, 5.41) is 0. The Hall–Kier alpha value is -1.23. The fourth-order valence-corrected chi connectivity index (χ4v) is 2.93. The van der Waals surface area contributed by atoms with Crippen molar-refractivity contribution in [3.05, 3.63) is 57.0 Å². The number of rotatable bonds is 4. The van der Waals surface area contributed by atoms with Gasteiger partial charge in [0.05, 0.1) is 6.04 Å². The lowest BCUT2D eigenvalue weighted by molar-refractivity contribution is 0.558. The van der Waals surface area contributed by atoms with Crippen molar-refractivity contribution in [2.45, 2.75) is 26.3 Å². The largest absolute Gasteiger partial charge is 0.271 e. The summed E-state index contributed by atoms with van der Waals surface area (Å²) >= 11 is 1.73. The van der Waals surface area contributed by atoms with Gasteiger partial charge in [-0.1, -0.05) is 6.07 Å². The fraction of sp³-hybridized carbons (Fsp3) is 0.286. The molecule has 1 aromatic heterocycles. The van der Waals surface area contributed by atoms with E-state index in [1.54, 1.807) is 17.4 Å². The highest BCUT2D eigenvalue weighted by Crippen LogP contribution is 2.26. The first-order valence-electron chi connectivity index (χ1n) is 5.87. The summed E-state index contributed by atoms with van der Waals surface area (Å²) in [6, 6.07) is 9.13. The summed E-state index contributed by atoms with van der Waals surface area (Å²) in [6.45, 7) is 4.00. The Morgan fingerprint density at radius 2 is 2.06 bits per heavy atom. The highest BCUT2D eigenvalue weighted by molar-refractivity contribution is 7.12. The first kappa shape index (κ1) is 13.2. The predicted octanol–water partition coefficient (Wildman–Crippen LogP) is 3.25. The Labute approximate surface area is 111 Å². The van der Waals surface area contributed by atoms with Gasteiger partial charge in [-0.05, 0) is 55.7 Å². The van der Waals surface area contributed by atoms with Crippen molar-refractivity contribution in [2.75, 3.05) is 0 Å². The third kappa shape index (κ3) is 2.96. The second-order valence-electron chi connectivity index (χ2n) is 4.44. The van der Waals surface area contributed by atoms with Crippen molar-refractivity contribution in [1.29, 1.82) is 0 Å². The van der Waals surface area contributed by atoms with Crippen LogP contribution in [0.2, 0.25) is 0 Å². The molecule has 2 nitrogen and oxygen atoms in total. The van der Waals surface area contributed by atoms with Crippen molar-refractivity contribution < 1.29 is 4.39 Å². The molecule has 0 radical (unpaired) electrons. The molecular weight excluding hydrogens is 247 g/mol. The Bertz CT molecular complexity index is 536. The quantitative estimate of drug-likeness (QED) is 0.657. The van der Waals surface area contributed by atoms with Crippen LogP contribution in [0.4, 0.5) is 4.39 Å². The van der Waals surface area contributed by atoms with Gasteiger partial charge in [-0.15, -0.1) is 11.3 Å². The molecule has 0 aliphatic carbocycles.